The average Bonchev–Trinajstić information content (AvgIpc) is 2.35. The zero-order valence-electron chi connectivity index (χ0n) is 10.3. The van der Waals surface area contributed by atoms with Crippen LogP contribution in [0.15, 0.2) is 22.7 Å². The van der Waals surface area contributed by atoms with Crippen LogP contribution in [-0.4, -0.2) is 16.9 Å². The summed E-state index contributed by atoms with van der Waals surface area (Å²) in [7, 11) is 0. The number of nitrogens with zero attached hydrogens (tertiary/aromatic N) is 1. The van der Waals surface area contributed by atoms with Crippen molar-refractivity contribution in [3.05, 3.63) is 38.3 Å². The Kier molecular flexibility index (Phi) is 5.27. The number of hydrogen-bond donors (Lipinski definition) is 1. The van der Waals surface area contributed by atoms with Crippen LogP contribution in [0.3, 0.4) is 0 Å². The molecule has 0 aromatic heterocycles. The van der Waals surface area contributed by atoms with Gasteiger partial charge in [-0.3, -0.25) is 14.9 Å². The van der Waals surface area contributed by atoms with Gasteiger partial charge >= 0.3 is 0 Å². The molecule has 1 rings (SSSR count). The number of hydrogen-bond acceptors (Lipinski definition) is 3. The highest BCUT2D eigenvalue weighted by Gasteiger charge is 2.20. The van der Waals surface area contributed by atoms with Crippen molar-refractivity contribution in [1.29, 1.82) is 0 Å². The van der Waals surface area contributed by atoms with Crippen LogP contribution in [0.2, 0.25) is 0 Å². The lowest BCUT2D eigenvalue weighted by atomic mass is 10.1. The van der Waals surface area contributed by atoms with Gasteiger partial charge in [0.1, 0.15) is 4.47 Å². The highest BCUT2D eigenvalue weighted by atomic mass is 79.9. The van der Waals surface area contributed by atoms with Crippen molar-refractivity contribution in [1.82, 2.24) is 5.32 Å². The summed E-state index contributed by atoms with van der Waals surface area (Å²) in [6.07, 6.45) is 1.66. The molecule has 0 heterocycles. The third-order valence-corrected chi connectivity index (χ3v) is 3.57. The van der Waals surface area contributed by atoms with Gasteiger partial charge in [0.15, 0.2) is 0 Å². The van der Waals surface area contributed by atoms with E-state index < -0.39 is 4.92 Å². The summed E-state index contributed by atoms with van der Waals surface area (Å²) in [6, 6.07) is 4.51. The van der Waals surface area contributed by atoms with E-state index in [1.54, 1.807) is 6.07 Å². The maximum absolute atomic E-state index is 12.0. The number of nitro groups is 1. The highest BCUT2D eigenvalue weighted by molar-refractivity contribution is 9.10. The second kappa shape index (κ2) is 6.49. The van der Waals surface area contributed by atoms with E-state index in [9.17, 15) is 14.9 Å². The first-order valence-corrected chi connectivity index (χ1v) is 6.54. The molecule has 0 spiro atoms. The van der Waals surface area contributed by atoms with Crippen molar-refractivity contribution in [3.8, 4) is 0 Å². The Balaban J connectivity index is 2.99. The fraction of sp³-hybridized carbons (Fsp3) is 0.417. The van der Waals surface area contributed by atoms with Crippen LogP contribution in [0.25, 0.3) is 0 Å². The molecular formula is C12H15BrN2O3. The molecule has 0 atom stereocenters. The fourth-order valence-electron chi connectivity index (χ4n) is 1.59. The lowest BCUT2D eigenvalue weighted by Gasteiger charge is -2.15. The van der Waals surface area contributed by atoms with Crippen LogP contribution >= 0.6 is 15.9 Å². The van der Waals surface area contributed by atoms with E-state index in [-0.39, 0.29) is 27.7 Å². The van der Waals surface area contributed by atoms with Gasteiger partial charge in [0.2, 0.25) is 0 Å². The average molecular weight is 315 g/mol. The van der Waals surface area contributed by atoms with Gasteiger partial charge < -0.3 is 5.32 Å². The van der Waals surface area contributed by atoms with Gasteiger partial charge in [-0.1, -0.05) is 19.9 Å². The highest BCUT2D eigenvalue weighted by Crippen LogP contribution is 2.28. The largest absolute Gasteiger partial charge is 0.349 e. The second-order valence-electron chi connectivity index (χ2n) is 3.88. The summed E-state index contributed by atoms with van der Waals surface area (Å²) in [6.45, 7) is 3.97. The number of nitrogens with one attached hydrogen (secondary N) is 1. The van der Waals surface area contributed by atoms with Crippen LogP contribution < -0.4 is 5.32 Å². The molecule has 0 bridgehead atoms. The summed E-state index contributed by atoms with van der Waals surface area (Å²) in [5, 5.41) is 13.6. The third kappa shape index (κ3) is 3.29. The van der Waals surface area contributed by atoms with E-state index in [1.807, 2.05) is 13.8 Å². The number of carbonyl (C=O) groups is 1. The van der Waals surface area contributed by atoms with Crippen molar-refractivity contribution >= 4 is 27.5 Å². The van der Waals surface area contributed by atoms with Crippen molar-refractivity contribution in [2.45, 2.75) is 32.7 Å². The molecular weight excluding hydrogens is 300 g/mol. The predicted octanol–water partition coefficient (Wildman–Crippen LogP) is 3.28. The number of nitro benzene ring substituents is 1. The van der Waals surface area contributed by atoms with Gasteiger partial charge in [0, 0.05) is 12.1 Å². The molecule has 1 aromatic carbocycles. The van der Waals surface area contributed by atoms with Gasteiger partial charge in [-0.2, -0.15) is 0 Å². The standard InChI is InChI=1S/C12H15BrN2O3/c1-3-8(4-2)14-12(16)9-6-5-7-10(11(9)13)15(17)18/h5-8H,3-4H2,1-2H3,(H,14,16). The first kappa shape index (κ1) is 14.6. The molecule has 0 aliphatic carbocycles. The SMILES string of the molecule is CCC(CC)NC(=O)c1cccc([N+](=O)[O-])c1Br. The quantitative estimate of drug-likeness (QED) is 0.669. The Morgan fingerprint density at radius 2 is 2.06 bits per heavy atom. The predicted molar refractivity (Wildman–Crippen MR) is 72.6 cm³/mol. The Morgan fingerprint density at radius 3 is 2.56 bits per heavy atom. The molecule has 1 N–H and O–H groups in total. The number of carbonyl (C=O) groups excluding carboxylic acids is 1. The molecule has 6 heteroatoms. The van der Waals surface area contributed by atoms with Crippen molar-refractivity contribution in [3.63, 3.8) is 0 Å². The molecule has 0 saturated heterocycles. The lowest BCUT2D eigenvalue weighted by Crippen LogP contribution is -2.34. The van der Waals surface area contributed by atoms with Gasteiger partial charge in [-0.25, -0.2) is 0 Å². The number of rotatable bonds is 5. The third-order valence-electron chi connectivity index (χ3n) is 2.74. The zero-order chi connectivity index (χ0) is 13.7. The topological polar surface area (TPSA) is 72.2 Å². The van der Waals surface area contributed by atoms with Crippen LogP contribution in [0.5, 0.6) is 0 Å². The number of amides is 1. The molecule has 5 nitrogen and oxygen atoms in total. The molecule has 1 aromatic rings. The molecule has 0 unspecified atom stereocenters. The lowest BCUT2D eigenvalue weighted by molar-refractivity contribution is -0.385. The Hall–Kier alpha value is -1.43. The summed E-state index contributed by atoms with van der Waals surface area (Å²) in [5.41, 5.74) is 0.184. The van der Waals surface area contributed by atoms with Gasteiger partial charge in [0.05, 0.1) is 10.5 Å². The Morgan fingerprint density at radius 1 is 1.44 bits per heavy atom. The molecule has 1 amide bonds. The second-order valence-corrected chi connectivity index (χ2v) is 4.68. The maximum atomic E-state index is 12.0. The van der Waals surface area contributed by atoms with E-state index in [2.05, 4.69) is 21.2 Å². The summed E-state index contributed by atoms with van der Waals surface area (Å²) >= 11 is 3.11. The van der Waals surface area contributed by atoms with Gasteiger partial charge in [-0.15, -0.1) is 0 Å². The van der Waals surface area contributed by atoms with Crippen LogP contribution in [0.4, 0.5) is 5.69 Å². The van der Waals surface area contributed by atoms with E-state index in [0.29, 0.717) is 0 Å². The van der Waals surface area contributed by atoms with Crippen LogP contribution in [0.1, 0.15) is 37.0 Å². The normalized spacial score (nSPS) is 10.4. The van der Waals surface area contributed by atoms with E-state index in [0.717, 1.165) is 12.8 Å². The van der Waals surface area contributed by atoms with E-state index in [4.69, 9.17) is 0 Å². The summed E-state index contributed by atoms with van der Waals surface area (Å²) in [5.74, 6) is -0.292. The molecule has 0 aliphatic heterocycles. The fourth-order valence-corrected chi connectivity index (χ4v) is 2.18. The van der Waals surface area contributed by atoms with Crippen LogP contribution in [0, 0.1) is 10.1 Å². The van der Waals surface area contributed by atoms with Crippen molar-refractivity contribution in [2.75, 3.05) is 0 Å². The first-order valence-electron chi connectivity index (χ1n) is 5.75. The summed E-state index contributed by atoms with van der Waals surface area (Å²) < 4.78 is 0.221. The minimum absolute atomic E-state index is 0.0867. The minimum atomic E-state index is -0.516. The molecule has 0 saturated carbocycles. The molecule has 0 radical (unpaired) electrons. The number of halogens is 1. The number of benzene rings is 1. The molecule has 18 heavy (non-hydrogen) atoms. The van der Waals surface area contributed by atoms with Crippen molar-refractivity contribution in [2.24, 2.45) is 0 Å². The van der Waals surface area contributed by atoms with Gasteiger partial charge in [-0.05, 0) is 34.8 Å². The Labute approximate surface area is 114 Å². The van der Waals surface area contributed by atoms with E-state index >= 15 is 0 Å². The van der Waals surface area contributed by atoms with Gasteiger partial charge in [0.25, 0.3) is 11.6 Å². The zero-order valence-corrected chi connectivity index (χ0v) is 11.9. The monoisotopic (exact) mass is 314 g/mol. The van der Waals surface area contributed by atoms with Crippen molar-refractivity contribution < 1.29 is 9.72 Å². The maximum Gasteiger partial charge on any atom is 0.284 e. The Bertz CT molecular complexity index is 459. The first-order chi connectivity index (χ1) is 8.51. The molecule has 0 aliphatic rings. The minimum Gasteiger partial charge on any atom is -0.349 e. The molecule has 98 valence electrons. The smallest absolute Gasteiger partial charge is 0.284 e. The van der Waals surface area contributed by atoms with Crippen LogP contribution in [-0.2, 0) is 0 Å². The summed E-state index contributed by atoms with van der Waals surface area (Å²) in [4.78, 5) is 22.3. The molecule has 0 fully saturated rings. The van der Waals surface area contributed by atoms with E-state index in [1.165, 1.54) is 12.1 Å².